The van der Waals surface area contributed by atoms with Crippen LogP contribution in [0.25, 0.3) is 17.3 Å². The van der Waals surface area contributed by atoms with Gasteiger partial charge in [-0.3, -0.25) is 14.0 Å². The van der Waals surface area contributed by atoms with Gasteiger partial charge in [0.15, 0.2) is 0 Å². The lowest BCUT2D eigenvalue weighted by atomic mass is 10.1. The number of nitrogens with one attached hydrogen (secondary N) is 1. The van der Waals surface area contributed by atoms with E-state index in [0.717, 1.165) is 22.4 Å². The van der Waals surface area contributed by atoms with Crippen LogP contribution in [-0.2, 0) is 31.6 Å². The van der Waals surface area contributed by atoms with E-state index < -0.39 is 7.60 Å². The number of aryl methyl sites for hydroxylation is 2. The van der Waals surface area contributed by atoms with E-state index in [0.29, 0.717) is 18.9 Å². The van der Waals surface area contributed by atoms with Crippen molar-refractivity contribution in [1.29, 1.82) is 0 Å². The Morgan fingerprint density at radius 3 is 2.30 bits per heavy atom. The number of amides is 1. The predicted molar refractivity (Wildman–Crippen MR) is 132 cm³/mol. The molecule has 1 N–H and O–H groups in total. The summed E-state index contributed by atoms with van der Waals surface area (Å²) in [6.45, 7) is 6.25. The molecule has 0 bridgehead atoms. The van der Waals surface area contributed by atoms with E-state index in [2.05, 4.69) is 10.4 Å². The monoisotopic (exact) mass is 467 g/mol. The molecular formula is C25H30N3O4P. The van der Waals surface area contributed by atoms with Gasteiger partial charge in [0.05, 0.1) is 31.3 Å². The van der Waals surface area contributed by atoms with Crippen molar-refractivity contribution in [3.8, 4) is 11.3 Å². The summed E-state index contributed by atoms with van der Waals surface area (Å²) in [6.07, 6.45) is 5.17. The molecule has 0 aliphatic heterocycles. The highest BCUT2D eigenvalue weighted by atomic mass is 31.2. The van der Waals surface area contributed by atoms with Crippen molar-refractivity contribution in [2.24, 2.45) is 7.05 Å². The van der Waals surface area contributed by atoms with Crippen LogP contribution in [0, 0.1) is 6.92 Å². The van der Waals surface area contributed by atoms with Gasteiger partial charge in [-0.25, -0.2) is 0 Å². The Bertz CT molecular complexity index is 1140. The molecule has 0 saturated heterocycles. The summed E-state index contributed by atoms with van der Waals surface area (Å²) in [7, 11) is -1.29. The summed E-state index contributed by atoms with van der Waals surface area (Å²) in [4.78, 5) is 12.5. The first kappa shape index (κ1) is 24.6. The molecule has 1 heterocycles. The molecule has 33 heavy (non-hydrogen) atoms. The lowest BCUT2D eigenvalue weighted by molar-refractivity contribution is -0.111. The van der Waals surface area contributed by atoms with Crippen LogP contribution < -0.4 is 5.32 Å². The van der Waals surface area contributed by atoms with Gasteiger partial charge >= 0.3 is 7.60 Å². The Hall–Kier alpha value is -2.99. The quantitative estimate of drug-likeness (QED) is 0.300. The van der Waals surface area contributed by atoms with Gasteiger partial charge in [-0.05, 0) is 44.5 Å². The Labute approximate surface area is 195 Å². The summed E-state index contributed by atoms with van der Waals surface area (Å²) in [5.74, 6) is -0.254. The van der Waals surface area contributed by atoms with E-state index in [1.165, 1.54) is 11.6 Å². The average molecular weight is 468 g/mol. The standard InChI is InChI=1S/C25H30N3O4P/c1-5-31-33(30,32-6-2)18-20-9-14-23(15-10-20)27-24(29)16-13-22-17-26-28(4)25(22)21-11-7-19(3)8-12-21/h7-17H,5-6,18H2,1-4H3,(H,27,29)/b16-13+. The van der Waals surface area contributed by atoms with Gasteiger partial charge < -0.3 is 14.4 Å². The molecule has 0 spiro atoms. The van der Waals surface area contributed by atoms with Crippen LogP contribution in [0.15, 0.2) is 60.8 Å². The number of hydrogen-bond donors (Lipinski definition) is 1. The molecule has 3 aromatic rings. The van der Waals surface area contributed by atoms with Crippen molar-refractivity contribution < 1.29 is 18.4 Å². The van der Waals surface area contributed by atoms with Crippen LogP contribution in [0.1, 0.15) is 30.5 Å². The zero-order valence-electron chi connectivity index (χ0n) is 19.4. The molecule has 0 radical (unpaired) electrons. The van der Waals surface area contributed by atoms with E-state index >= 15 is 0 Å². The molecule has 8 heteroatoms. The maximum absolute atomic E-state index is 12.7. The molecule has 1 aromatic heterocycles. The Morgan fingerprint density at radius 2 is 1.70 bits per heavy atom. The number of hydrogen-bond acceptors (Lipinski definition) is 5. The SMILES string of the molecule is CCOP(=O)(Cc1ccc(NC(=O)/C=C/c2cnn(C)c2-c2ccc(C)cc2)cc1)OCC. The van der Waals surface area contributed by atoms with Crippen molar-refractivity contribution in [2.75, 3.05) is 18.5 Å². The molecule has 174 valence electrons. The molecule has 7 nitrogen and oxygen atoms in total. The normalized spacial score (nSPS) is 11.8. The summed E-state index contributed by atoms with van der Waals surface area (Å²) < 4.78 is 25.2. The van der Waals surface area contributed by atoms with Crippen LogP contribution in [0.4, 0.5) is 5.69 Å². The first-order valence-corrected chi connectivity index (χ1v) is 12.6. The first-order valence-electron chi connectivity index (χ1n) is 10.9. The molecule has 1 amide bonds. The van der Waals surface area contributed by atoms with E-state index in [9.17, 15) is 9.36 Å². The lowest BCUT2D eigenvalue weighted by Gasteiger charge is -2.17. The number of carbonyl (C=O) groups excluding carboxylic acids is 1. The minimum atomic E-state index is -3.17. The van der Waals surface area contributed by atoms with Crippen LogP contribution in [0.2, 0.25) is 0 Å². The highest BCUT2D eigenvalue weighted by molar-refractivity contribution is 7.53. The lowest BCUT2D eigenvalue weighted by Crippen LogP contribution is -2.07. The third kappa shape index (κ3) is 6.75. The summed E-state index contributed by atoms with van der Waals surface area (Å²) >= 11 is 0. The second-order valence-corrected chi connectivity index (χ2v) is 9.62. The molecule has 0 atom stereocenters. The predicted octanol–water partition coefficient (Wildman–Crippen LogP) is 5.81. The second-order valence-electron chi connectivity index (χ2n) is 7.56. The number of benzene rings is 2. The Kier molecular flexibility index (Phi) is 8.39. The van der Waals surface area contributed by atoms with Crippen LogP contribution in [-0.4, -0.2) is 28.9 Å². The minimum absolute atomic E-state index is 0.186. The molecule has 0 saturated carbocycles. The van der Waals surface area contributed by atoms with Gasteiger partial charge in [0.1, 0.15) is 0 Å². The molecule has 0 fully saturated rings. The van der Waals surface area contributed by atoms with Gasteiger partial charge in [-0.1, -0.05) is 42.0 Å². The smallest absolute Gasteiger partial charge is 0.323 e. The van der Waals surface area contributed by atoms with E-state index in [1.807, 2.05) is 38.2 Å². The van der Waals surface area contributed by atoms with Crippen LogP contribution in [0.3, 0.4) is 0 Å². The molecule has 2 aromatic carbocycles. The topological polar surface area (TPSA) is 82.5 Å². The fourth-order valence-electron chi connectivity index (χ4n) is 3.43. The van der Waals surface area contributed by atoms with Crippen LogP contribution >= 0.6 is 7.60 Å². The van der Waals surface area contributed by atoms with Gasteiger partial charge in [-0.2, -0.15) is 5.10 Å². The minimum Gasteiger partial charge on any atom is -0.323 e. The van der Waals surface area contributed by atoms with Crippen molar-refractivity contribution in [2.45, 2.75) is 26.9 Å². The van der Waals surface area contributed by atoms with Gasteiger partial charge in [-0.15, -0.1) is 0 Å². The van der Waals surface area contributed by atoms with E-state index in [1.54, 1.807) is 55.1 Å². The third-order valence-corrected chi connectivity index (χ3v) is 7.01. The van der Waals surface area contributed by atoms with Crippen molar-refractivity contribution in [3.05, 3.63) is 77.5 Å². The van der Waals surface area contributed by atoms with E-state index in [-0.39, 0.29) is 12.1 Å². The first-order chi connectivity index (χ1) is 15.8. The zero-order chi connectivity index (χ0) is 23.8. The molecule has 0 unspecified atom stereocenters. The fraction of sp³-hybridized carbons (Fsp3) is 0.280. The largest absolute Gasteiger partial charge is 0.335 e. The van der Waals surface area contributed by atoms with Crippen LogP contribution in [0.5, 0.6) is 0 Å². The second kappa shape index (κ2) is 11.2. The highest BCUT2D eigenvalue weighted by Crippen LogP contribution is 2.51. The fourth-order valence-corrected chi connectivity index (χ4v) is 5.13. The molecule has 0 aliphatic carbocycles. The number of anilines is 1. The Morgan fingerprint density at radius 1 is 1.06 bits per heavy atom. The number of carbonyl (C=O) groups is 1. The average Bonchev–Trinajstić information content (AvgIpc) is 3.15. The number of rotatable bonds is 10. The van der Waals surface area contributed by atoms with E-state index in [4.69, 9.17) is 9.05 Å². The summed E-state index contributed by atoms with van der Waals surface area (Å²) in [6, 6.07) is 15.3. The highest BCUT2D eigenvalue weighted by Gasteiger charge is 2.23. The van der Waals surface area contributed by atoms with Crippen molar-refractivity contribution in [1.82, 2.24) is 9.78 Å². The maximum atomic E-state index is 12.7. The van der Waals surface area contributed by atoms with Crippen molar-refractivity contribution >= 4 is 25.3 Å². The van der Waals surface area contributed by atoms with Gasteiger partial charge in [0.25, 0.3) is 0 Å². The molecular weight excluding hydrogens is 437 g/mol. The molecule has 0 aliphatic rings. The number of nitrogens with zero attached hydrogens (tertiary/aromatic N) is 2. The summed E-state index contributed by atoms with van der Waals surface area (Å²) in [5, 5.41) is 7.17. The van der Waals surface area contributed by atoms with Crippen molar-refractivity contribution in [3.63, 3.8) is 0 Å². The Balaban J connectivity index is 1.66. The molecule has 3 rings (SSSR count). The third-order valence-electron chi connectivity index (χ3n) is 4.96. The summed E-state index contributed by atoms with van der Waals surface area (Å²) in [5.41, 5.74) is 5.47. The van der Waals surface area contributed by atoms with Gasteiger partial charge in [0, 0.05) is 29.9 Å². The zero-order valence-corrected chi connectivity index (χ0v) is 20.3. The van der Waals surface area contributed by atoms with Gasteiger partial charge in [0.2, 0.25) is 5.91 Å². The maximum Gasteiger partial charge on any atom is 0.335 e. The number of aromatic nitrogens is 2.